The number of unbranched alkanes of at least 4 members (excludes halogenated alkanes) is 1. The number of hydrogen-bond acceptors (Lipinski definition) is 9. The number of hydrazone groups is 1. The maximum absolute atomic E-state index is 13.8. The SMILES string of the molecule is CC(=O)O.CCCCN(CCNS(C)(=O)=O)C(=O)[C@H](CC(=O)NC[C@@H]1CCCN(C=NN)C1)NS(=O)(=O)c1ccc2ccccc2c1. The van der Waals surface area contributed by atoms with Crippen LogP contribution in [-0.2, 0) is 34.4 Å². The minimum atomic E-state index is -4.21. The average Bonchev–Trinajstić information content (AvgIpc) is 3.00. The van der Waals surface area contributed by atoms with Crippen LogP contribution in [0.2, 0.25) is 0 Å². The first-order chi connectivity index (χ1) is 22.1. The van der Waals surface area contributed by atoms with Gasteiger partial charge in [0.15, 0.2) is 0 Å². The molecule has 0 saturated carbocycles. The van der Waals surface area contributed by atoms with Crippen LogP contribution in [0.25, 0.3) is 10.8 Å². The highest BCUT2D eigenvalue weighted by atomic mass is 32.2. The van der Waals surface area contributed by atoms with Gasteiger partial charge in [-0.15, -0.1) is 0 Å². The van der Waals surface area contributed by atoms with Gasteiger partial charge in [0.1, 0.15) is 12.4 Å². The van der Waals surface area contributed by atoms with Crippen LogP contribution in [0, 0.1) is 5.92 Å². The largest absolute Gasteiger partial charge is 0.481 e. The van der Waals surface area contributed by atoms with Crippen molar-refractivity contribution in [2.24, 2.45) is 16.9 Å². The van der Waals surface area contributed by atoms with Crippen molar-refractivity contribution < 1.29 is 36.3 Å². The van der Waals surface area contributed by atoms with Crippen molar-refractivity contribution >= 4 is 54.9 Å². The van der Waals surface area contributed by atoms with E-state index >= 15 is 0 Å². The maximum Gasteiger partial charge on any atom is 0.300 e. The van der Waals surface area contributed by atoms with Crippen LogP contribution in [0.15, 0.2) is 52.5 Å². The summed E-state index contributed by atoms with van der Waals surface area (Å²) >= 11 is 0. The molecular weight excluding hydrogens is 651 g/mol. The predicted molar refractivity (Wildman–Crippen MR) is 180 cm³/mol. The van der Waals surface area contributed by atoms with Crippen LogP contribution >= 0.6 is 0 Å². The molecule has 15 nitrogen and oxygen atoms in total. The molecule has 2 aromatic carbocycles. The summed E-state index contributed by atoms with van der Waals surface area (Å²) in [7, 11) is -7.71. The number of carbonyl (C=O) groups excluding carboxylic acids is 2. The predicted octanol–water partition coefficient (Wildman–Crippen LogP) is 0.876. The van der Waals surface area contributed by atoms with E-state index in [2.05, 4.69) is 19.9 Å². The number of piperidine rings is 1. The Balaban J connectivity index is 0.00000181. The van der Waals surface area contributed by atoms with Crippen LogP contribution in [0.1, 0.15) is 46.0 Å². The first-order valence-corrected chi connectivity index (χ1v) is 18.7. The van der Waals surface area contributed by atoms with Gasteiger partial charge in [0.25, 0.3) is 5.97 Å². The minimum Gasteiger partial charge on any atom is -0.481 e. The third-order valence-corrected chi connectivity index (χ3v) is 9.42. The fraction of sp³-hybridized carbons (Fsp3) is 0.533. The minimum absolute atomic E-state index is 0.0162. The van der Waals surface area contributed by atoms with Gasteiger partial charge in [-0.05, 0) is 48.1 Å². The molecule has 1 fully saturated rings. The summed E-state index contributed by atoms with van der Waals surface area (Å²) in [6, 6.07) is 10.5. The van der Waals surface area contributed by atoms with Gasteiger partial charge >= 0.3 is 0 Å². The normalized spacial score (nSPS) is 15.9. The lowest BCUT2D eigenvalue weighted by atomic mass is 9.98. The Morgan fingerprint density at radius 1 is 1.13 bits per heavy atom. The molecule has 2 atom stereocenters. The molecule has 17 heteroatoms. The van der Waals surface area contributed by atoms with E-state index in [-0.39, 0.29) is 30.4 Å². The zero-order valence-corrected chi connectivity index (χ0v) is 28.7. The van der Waals surface area contributed by atoms with E-state index in [1.165, 1.54) is 17.0 Å². The molecule has 0 aliphatic carbocycles. The molecule has 1 aliphatic rings. The average molecular weight is 698 g/mol. The molecule has 262 valence electrons. The van der Waals surface area contributed by atoms with Gasteiger partial charge in [-0.3, -0.25) is 14.4 Å². The van der Waals surface area contributed by atoms with Crippen molar-refractivity contribution in [1.29, 1.82) is 0 Å². The number of aliphatic carboxylic acids is 1. The van der Waals surface area contributed by atoms with Gasteiger partial charge in [0, 0.05) is 46.2 Å². The summed E-state index contributed by atoms with van der Waals surface area (Å²) in [5.74, 6) is 3.49. The Morgan fingerprint density at radius 3 is 2.45 bits per heavy atom. The highest BCUT2D eigenvalue weighted by molar-refractivity contribution is 7.89. The molecule has 0 spiro atoms. The lowest BCUT2D eigenvalue weighted by molar-refractivity contribution is -0.135. The van der Waals surface area contributed by atoms with Crippen LogP contribution in [-0.4, -0.2) is 107 Å². The Hall–Kier alpha value is -3.80. The topological polar surface area (TPSA) is 221 Å². The van der Waals surface area contributed by atoms with Crippen LogP contribution in [0.5, 0.6) is 0 Å². The Labute approximate surface area is 277 Å². The smallest absolute Gasteiger partial charge is 0.300 e. The van der Waals surface area contributed by atoms with E-state index in [1.807, 2.05) is 24.0 Å². The number of nitrogens with zero attached hydrogens (tertiary/aromatic N) is 3. The van der Waals surface area contributed by atoms with E-state index in [9.17, 15) is 26.4 Å². The maximum atomic E-state index is 13.8. The van der Waals surface area contributed by atoms with E-state index in [0.29, 0.717) is 24.9 Å². The highest BCUT2D eigenvalue weighted by Crippen LogP contribution is 2.20. The quantitative estimate of drug-likeness (QED) is 0.0721. The highest BCUT2D eigenvalue weighted by Gasteiger charge is 2.32. The molecule has 1 heterocycles. The van der Waals surface area contributed by atoms with Crippen molar-refractivity contribution in [2.75, 3.05) is 45.5 Å². The third-order valence-electron chi connectivity index (χ3n) is 7.22. The molecule has 1 saturated heterocycles. The Bertz CT molecular complexity index is 1580. The lowest BCUT2D eigenvalue weighted by Crippen LogP contribution is -2.52. The van der Waals surface area contributed by atoms with Gasteiger partial charge < -0.3 is 26.1 Å². The summed E-state index contributed by atoms with van der Waals surface area (Å²) in [5, 5.41) is 15.4. The van der Waals surface area contributed by atoms with Gasteiger partial charge in [-0.2, -0.15) is 9.82 Å². The summed E-state index contributed by atoms with van der Waals surface area (Å²) in [5.41, 5.74) is 0. The number of carbonyl (C=O) groups is 3. The summed E-state index contributed by atoms with van der Waals surface area (Å²) in [4.78, 5) is 39.2. The van der Waals surface area contributed by atoms with Crippen molar-refractivity contribution in [3.8, 4) is 0 Å². The molecule has 2 amide bonds. The van der Waals surface area contributed by atoms with Crippen molar-refractivity contribution in [3.05, 3.63) is 42.5 Å². The van der Waals surface area contributed by atoms with Gasteiger partial charge in [-0.25, -0.2) is 21.6 Å². The number of amides is 2. The second-order valence-electron chi connectivity index (χ2n) is 11.3. The number of nitrogens with two attached hydrogens (primary N) is 1. The van der Waals surface area contributed by atoms with Crippen molar-refractivity contribution in [1.82, 2.24) is 24.6 Å². The fourth-order valence-electron chi connectivity index (χ4n) is 5.02. The fourth-order valence-corrected chi connectivity index (χ4v) is 6.70. The van der Waals surface area contributed by atoms with Gasteiger partial charge in [0.2, 0.25) is 31.9 Å². The number of likely N-dealkylation sites (tertiary alicyclic amines) is 1. The molecule has 47 heavy (non-hydrogen) atoms. The number of fused-ring (bicyclic) bond motifs is 1. The van der Waals surface area contributed by atoms with Crippen LogP contribution in [0.4, 0.5) is 0 Å². The van der Waals surface area contributed by atoms with Crippen LogP contribution in [0.3, 0.4) is 0 Å². The van der Waals surface area contributed by atoms with E-state index in [0.717, 1.165) is 44.4 Å². The number of sulfonamides is 2. The number of rotatable bonds is 16. The monoisotopic (exact) mass is 697 g/mol. The number of nitrogens with one attached hydrogen (secondary N) is 3. The lowest BCUT2D eigenvalue weighted by Gasteiger charge is -2.31. The van der Waals surface area contributed by atoms with Crippen LogP contribution < -0.4 is 20.6 Å². The molecule has 0 bridgehead atoms. The Morgan fingerprint density at radius 2 is 1.81 bits per heavy atom. The molecule has 1 aliphatic heterocycles. The molecule has 6 N–H and O–H groups in total. The van der Waals surface area contributed by atoms with E-state index < -0.39 is 50.3 Å². The first kappa shape index (κ1) is 39.4. The standard InChI is InChI=1S/C28H43N7O6S2.C2H4O2/c1-3-4-15-35(16-13-32-42(2,38)39)28(37)26(18-27(36)30-19-22-8-7-14-34(20-22)21-31-29)33-43(40,41)25-12-11-23-9-5-6-10-24(23)17-25;1-2(3)4/h5-6,9-12,17,21-22,26,32-33H,3-4,7-8,13-16,18-20,29H2,1-2H3,(H,30,36);1H3,(H,3,4)/t22-,26-;/m0./s1. The third kappa shape index (κ3) is 14.7. The molecular formula is C30H47N7O8S2. The molecule has 3 rings (SSSR count). The van der Waals surface area contributed by atoms with Gasteiger partial charge in [-0.1, -0.05) is 43.7 Å². The first-order valence-electron chi connectivity index (χ1n) is 15.3. The van der Waals surface area contributed by atoms with Crippen molar-refractivity contribution in [3.63, 3.8) is 0 Å². The molecule has 0 unspecified atom stereocenters. The zero-order chi connectivity index (χ0) is 35.0. The summed E-state index contributed by atoms with van der Waals surface area (Å²) < 4.78 is 55.1. The van der Waals surface area contributed by atoms with E-state index in [4.69, 9.17) is 15.7 Å². The number of carboxylic acids is 1. The number of hydrogen-bond donors (Lipinski definition) is 5. The molecule has 2 aromatic rings. The summed E-state index contributed by atoms with van der Waals surface area (Å²) in [6.45, 7) is 5.10. The second kappa shape index (κ2) is 19.1. The van der Waals surface area contributed by atoms with Crippen molar-refractivity contribution in [2.45, 2.75) is 56.9 Å². The molecule has 0 radical (unpaired) electrons. The van der Waals surface area contributed by atoms with Gasteiger partial charge in [0.05, 0.1) is 17.6 Å². The second-order valence-corrected chi connectivity index (χ2v) is 14.9. The molecule has 0 aromatic heterocycles. The number of benzene rings is 2. The Kier molecular flexibility index (Phi) is 16.0. The zero-order valence-electron chi connectivity index (χ0n) is 27.1. The summed E-state index contributed by atoms with van der Waals surface area (Å²) in [6.07, 6.45) is 5.33. The number of carboxylic acid groups (broad SMARTS) is 1. The van der Waals surface area contributed by atoms with E-state index in [1.54, 1.807) is 24.5 Å².